The van der Waals surface area contributed by atoms with Crippen LogP contribution >= 0.6 is 11.8 Å². The first-order valence-electron chi connectivity index (χ1n) is 8.06. The number of rotatable bonds is 6. The third kappa shape index (κ3) is 4.48. The molecule has 0 bridgehead atoms. The fourth-order valence-corrected chi connectivity index (χ4v) is 3.20. The summed E-state index contributed by atoms with van der Waals surface area (Å²) in [6, 6.07) is 13.3. The summed E-state index contributed by atoms with van der Waals surface area (Å²) in [5.74, 6) is 1.20. The SMILES string of the molecule is CCc1ccc(NC(=O)c2cccnc2SCc2cc(C)on2)cc1. The van der Waals surface area contributed by atoms with Crippen LogP contribution in [-0.2, 0) is 12.2 Å². The molecular formula is C19H19N3O2S. The van der Waals surface area contributed by atoms with E-state index in [0.29, 0.717) is 16.3 Å². The number of benzene rings is 1. The van der Waals surface area contributed by atoms with Crippen LogP contribution in [0, 0.1) is 6.92 Å². The van der Waals surface area contributed by atoms with Gasteiger partial charge in [0.25, 0.3) is 5.91 Å². The van der Waals surface area contributed by atoms with Crippen molar-refractivity contribution in [2.24, 2.45) is 0 Å². The Balaban J connectivity index is 1.71. The number of carbonyl (C=O) groups excluding carboxylic acids is 1. The Morgan fingerprint density at radius 1 is 1.24 bits per heavy atom. The van der Waals surface area contributed by atoms with Crippen LogP contribution in [0.3, 0.4) is 0 Å². The van der Waals surface area contributed by atoms with E-state index < -0.39 is 0 Å². The first-order chi connectivity index (χ1) is 12.2. The molecule has 0 aliphatic heterocycles. The lowest BCUT2D eigenvalue weighted by atomic mass is 10.1. The fraction of sp³-hybridized carbons (Fsp3) is 0.211. The zero-order valence-electron chi connectivity index (χ0n) is 14.2. The first kappa shape index (κ1) is 17.2. The van der Waals surface area contributed by atoms with Crippen molar-refractivity contribution >= 4 is 23.4 Å². The lowest BCUT2D eigenvalue weighted by Crippen LogP contribution is -2.13. The van der Waals surface area contributed by atoms with Gasteiger partial charge in [-0.25, -0.2) is 4.98 Å². The van der Waals surface area contributed by atoms with Gasteiger partial charge in [0.15, 0.2) is 0 Å². The molecule has 128 valence electrons. The number of aromatic nitrogens is 2. The molecule has 0 atom stereocenters. The molecule has 5 nitrogen and oxygen atoms in total. The summed E-state index contributed by atoms with van der Waals surface area (Å²) in [5.41, 5.74) is 3.38. The summed E-state index contributed by atoms with van der Waals surface area (Å²) in [5, 5.41) is 7.56. The van der Waals surface area contributed by atoms with Gasteiger partial charge in [0.05, 0.1) is 11.3 Å². The highest BCUT2D eigenvalue weighted by atomic mass is 32.2. The number of hydrogen-bond donors (Lipinski definition) is 1. The highest BCUT2D eigenvalue weighted by molar-refractivity contribution is 7.98. The Bertz CT molecular complexity index is 859. The smallest absolute Gasteiger partial charge is 0.258 e. The minimum Gasteiger partial charge on any atom is -0.361 e. The third-order valence-electron chi connectivity index (χ3n) is 3.67. The minimum absolute atomic E-state index is 0.170. The van der Waals surface area contributed by atoms with E-state index in [1.54, 1.807) is 18.3 Å². The second-order valence-corrected chi connectivity index (χ2v) is 6.54. The van der Waals surface area contributed by atoms with Crippen LogP contribution in [0.25, 0.3) is 0 Å². The molecule has 3 rings (SSSR count). The molecule has 25 heavy (non-hydrogen) atoms. The van der Waals surface area contributed by atoms with Crippen LogP contribution in [0.15, 0.2) is 58.2 Å². The molecular weight excluding hydrogens is 334 g/mol. The first-order valence-corrected chi connectivity index (χ1v) is 9.04. The fourth-order valence-electron chi connectivity index (χ4n) is 2.33. The number of nitrogens with one attached hydrogen (secondary N) is 1. The zero-order chi connectivity index (χ0) is 17.6. The summed E-state index contributed by atoms with van der Waals surface area (Å²) < 4.78 is 5.07. The monoisotopic (exact) mass is 353 g/mol. The van der Waals surface area contributed by atoms with Gasteiger partial charge < -0.3 is 9.84 Å². The number of amides is 1. The Labute approximate surface area is 150 Å². The number of nitrogens with zero attached hydrogens (tertiary/aromatic N) is 2. The quantitative estimate of drug-likeness (QED) is 0.662. The summed E-state index contributed by atoms with van der Waals surface area (Å²) in [7, 11) is 0. The second kappa shape index (κ2) is 7.98. The van der Waals surface area contributed by atoms with Crippen molar-refractivity contribution in [2.75, 3.05) is 5.32 Å². The van der Waals surface area contributed by atoms with E-state index in [4.69, 9.17) is 4.52 Å². The molecule has 2 heterocycles. The molecule has 0 spiro atoms. The van der Waals surface area contributed by atoms with Gasteiger partial charge in [0.1, 0.15) is 10.8 Å². The molecule has 1 N–H and O–H groups in total. The van der Waals surface area contributed by atoms with E-state index in [0.717, 1.165) is 23.6 Å². The summed E-state index contributed by atoms with van der Waals surface area (Å²) >= 11 is 1.46. The number of hydrogen-bond acceptors (Lipinski definition) is 5. The number of anilines is 1. The Morgan fingerprint density at radius 2 is 2.04 bits per heavy atom. The van der Waals surface area contributed by atoms with Crippen LogP contribution in [0.4, 0.5) is 5.69 Å². The highest BCUT2D eigenvalue weighted by Crippen LogP contribution is 2.25. The molecule has 1 aromatic carbocycles. The van der Waals surface area contributed by atoms with Gasteiger partial charge in [-0.15, -0.1) is 0 Å². The van der Waals surface area contributed by atoms with E-state index >= 15 is 0 Å². The molecule has 0 aliphatic carbocycles. The van der Waals surface area contributed by atoms with Crippen molar-refractivity contribution in [3.8, 4) is 0 Å². The van der Waals surface area contributed by atoms with Crippen molar-refractivity contribution in [3.05, 3.63) is 71.2 Å². The summed E-state index contributed by atoms with van der Waals surface area (Å²) in [4.78, 5) is 16.9. The van der Waals surface area contributed by atoms with Crippen LogP contribution in [-0.4, -0.2) is 16.0 Å². The minimum atomic E-state index is -0.170. The topological polar surface area (TPSA) is 68.0 Å². The molecule has 2 aromatic heterocycles. The van der Waals surface area contributed by atoms with E-state index in [2.05, 4.69) is 22.4 Å². The van der Waals surface area contributed by atoms with Crippen molar-refractivity contribution in [3.63, 3.8) is 0 Å². The van der Waals surface area contributed by atoms with Crippen molar-refractivity contribution in [1.82, 2.24) is 10.1 Å². The standard InChI is InChI=1S/C19H19N3O2S/c1-3-14-6-8-15(9-7-14)21-18(23)17-5-4-10-20-19(17)25-12-16-11-13(2)24-22-16/h4-11H,3,12H2,1-2H3,(H,21,23). The maximum absolute atomic E-state index is 12.6. The second-order valence-electron chi connectivity index (χ2n) is 5.58. The van der Waals surface area contributed by atoms with E-state index in [-0.39, 0.29) is 5.91 Å². The third-order valence-corrected chi connectivity index (χ3v) is 4.71. The average molecular weight is 353 g/mol. The van der Waals surface area contributed by atoms with Crippen LogP contribution in [0.2, 0.25) is 0 Å². The maximum Gasteiger partial charge on any atom is 0.258 e. The summed E-state index contributed by atoms with van der Waals surface area (Å²) in [6.07, 6.45) is 2.66. The molecule has 0 saturated carbocycles. The van der Waals surface area contributed by atoms with Crippen molar-refractivity contribution in [1.29, 1.82) is 0 Å². The molecule has 0 saturated heterocycles. The molecule has 3 aromatic rings. The molecule has 0 fully saturated rings. The molecule has 1 amide bonds. The number of aryl methyl sites for hydroxylation is 2. The van der Waals surface area contributed by atoms with Gasteiger partial charge in [-0.3, -0.25) is 4.79 Å². The summed E-state index contributed by atoms with van der Waals surface area (Å²) in [6.45, 7) is 3.95. The predicted octanol–water partition coefficient (Wildman–Crippen LogP) is 4.49. The van der Waals surface area contributed by atoms with Gasteiger partial charge in [0, 0.05) is 23.7 Å². The highest BCUT2D eigenvalue weighted by Gasteiger charge is 2.14. The number of pyridine rings is 1. The van der Waals surface area contributed by atoms with Crippen LogP contribution in [0.1, 0.15) is 34.3 Å². The maximum atomic E-state index is 12.6. The van der Waals surface area contributed by atoms with Gasteiger partial charge in [-0.1, -0.05) is 36.0 Å². The van der Waals surface area contributed by atoms with E-state index in [1.807, 2.05) is 37.3 Å². The lowest BCUT2D eigenvalue weighted by Gasteiger charge is -2.09. The molecule has 0 radical (unpaired) electrons. The Kier molecular flexibility index (Phi) is 5.50. The van der Waals surface area contributed by atoms with Gasteiger partial charge >= 0.3 is 0 Å². The number of carbonyl (C=O) groups is 1. The zero-order valence-corrected chi connectivity index (χ0v) is 15.0. The molecule has 0 unspecified atom stereocenters. The van der Waals surface area contributed by atoms with Gasteiger partial charge in [-0.2, -0.15) is 0 Å². The van der Waals surface area contributed by atoms with Crippen LogP contribution in [0.5, 0.6) is 0 Å². The van der Waals surface area contributed by atoms with E-state index in [9.17, 15) is 4.79 Å². The average Bonchev–Trinajstić information content (AvgIpc) is 3.06. The number of thioether (sulfide) groups is 1. The van der Waals surface area contributed by atoms with Gasteiger partial charge in [0.2, 0.25) is 0 Å². The largest absolute Gasteiger partial charge is 0.361 e. The van der Waals surface area contributed by atoms with Crippen LogP contribution < -0.4 is 5.32 Å². The van der Waals surface area contributed by atoms with E-state index in [1.165, 1.54) is 17.3 Å². The Hall–Kier alpha value is -2.60. The van der Waals surface area contributed by atoms with Crippen molar-refractivity contribution < 1.29 is 9.32 Å². The molecule has 0 aliphatic rings. The Morgan fingerprint density at radius 3 is 2.72 bits per heavy atom. The van der Waals surface area contributed by atoms with Gasteiger partial charge in [-0.05, 0) is 43.2 Å². The predicted molar refractivity (Wildman–Crippen MR) is 98.8 cm³/mol. The molecule has 6 heteroatoms. The normalized spacial score (nSPS) is 10.6. The van der Waals surface area contributed by atoms with Crippen molar-refractivity contribution in [2.45, 2.75) is 31.0 Å². The lowest BCUT2D eigenvalue weighted by molar-refractivity contribution is 0.102.